The van der Waals surface area contributed by atoms with Gasteiger partial charge < -0.3 is 19.9 Å². The quantitative estimate of drug-likeness (QED) is 0.654. The summed E-state index contributed by atoms with van der Waals surface area (Å²) in [5.41, 5.74) is 0. The molecule has 88 valence electrons. The summed E-state index contributed by atoms with van der Waals surface area (Å²) in [6.07, 6.45) is 1.16. The molecule has 0 spiro atoms. The number of carbonyl (C=O) groups is 2. The Morgan fingerprint density at radius 2 is 2.31 bits per heavy atom. The molecule has 0 aromatic carbocycles. The predicted molar refractivity (Wildman–Crippen MR) is 51.2 cm³/mol. The lowest BCUT2D eigenvalue weighted by Crippen LogP contribution is -2.38. The molecule has 0 fully saturated rings. The first-order chi connectivity index (χ1) is 7.72. The molecule has 8 nitrogen and oxygen atoms in total. The first kappa shape index (κ1) is 12.0. The molecule has 2 amide bonds. The van der Waals surface area contributed by atoms with Gasteiger partial charge in [0.2, 0.25) is 6.39 Å². The highest BCUT2D eigenvalue weighted by atomic mass is 16.5. The normalized spacial score (nSPS) is 9.56. The molecular weight excluding hydrogens is 216 g/mol. The number of urea groups is 1. The molecule has 0 radical (unpaired) electrons. The van der Waals surface area contributed by atoms with Gasteiger partial charge in [-0.3, -0.25) is 4.79 Å². The number of amides is 2. The van der Waals surface area contributed by atoms with Crippen LogP contribution < -0.4 is 10.6 Å². The van der Waals surface area contributed by atoms with Crippen molar-refractivity contribution >= 4 is 12.0 Å². The van der Waals surface area contributed by atoms with Gasteiger partial charge in [0.15, 0.2) is 5.82 Å². The number of aromatic nitrogens is 2. The Morgan fingerprint density at radius 3 is 2.94 bits per heavy atom. The molecule has 0 atom stereocenters. The molecule has 0 bridgehead atoms. The van der Waals surface area contributed by atoms with Crippen LogP contribution in [0.3, 0.4) is 0 Å². The Kier molecular flexibility index (Phi) is 4.77. The summed E-state index contributed by atoms with van der Waals surface area (Å²) in [6.45, 7) is 1.93. The van der Waals surface area contributed by atoms with Crippen molar-refractivity contribution in [2.75, 3.05) is 13.2 Å². The van der Waals surface area contributed by atoms with Gasteiger partial charge in [0.1, 0.15) is 6.54 Å². The summed E-state index contributed by atoms with van der Waals surface area (Å²) in [4.78, 5) is 25.7. The Labute approximate surface area is 91.3 Å². The van der Waals surface area contributed by atoms with Gasteiger partial charge in [0.05, 0.1) is 13.2 Å². The maximum Gasteiger partial charge on any atom is 0.325 e. The van der Waals surface area contributed by atoms with Gasteiger partial charge in [-0.05, 0) is 6.92 Å². The van der Waals surface area contributed by atoms with Crippen LogP contribution in [0.5, 0.6) is 0 Å². The molecule has 8 heteroatoms. The van der Waals surface area contributed by atoms with E-state index in [4.69, 9.17) is 0 Å². The Hall–Kier alpha value is -2.12. The Bertz CT molecular complexity index is 338. The topological polar surface area (TPSA) is 106 Å². The van der Waals surface area contributed by atoms with E-state index in [-0.39, 0.29) is 19.7 Å². The van der Waals surface area contributed by atoms with Gasteiger partial charge in [0, 0.05) is 0 Å². The SMILES string of the molecule is CCOC(=O)CNC(=O)NCc1ncon1. The van der Waals surface area contributed by atoms with Gasteiger partial charge in [-0.2, -0.15) is 4.98 Å². The molecule has 0 aliphatic carbocycles. The van der Waals surface area contributed by atoms with E-state index in [0.29, 0.717) is 5.82 Å². The predicted octanol–water partition coefficient (Wildman–Crippen LogP) is -0.568. The van der Waals surface area contributed by atoms with Crippen LogP contribution in [0, 0.1) is 0 Å². The van der Waals surface area contributed by atoms with E-state index in [2.05, 4.69) is 30.0 Å². The highest BCUT2D eigenvalue weighted by Gasteiger charge is 2.06. The number of hydrogen-bond acceptors (Lipinski definition) is 6. The third-order valence-corrected chi connectivity index (χ3v) is 1.51. The van der Waals surface area contributed by atoms with E-state index in [1.165, 1.54) is 0 Å². The maximum atomic E-state index is 11.1. The molecule has 16 heavy (non-hydrogen) atoms. The Morgan fingerprint density at radius 1 is 1.50 bits per heavy atom. The summed E-state index contributed by atoms with van der Waals surface area (Å²) >= 11 is 0. The zero-order valence-corrected chi connectivity index (χ0v) is 8.73. The molecule has 0 saturated heterocycles. The van der Waals surface area contributed by atoms with Gasteiger partial charge in [-0.15, -0.1) is 0 Å². The van der Waals surface area contributed by atoms with Crippen LogP contribution in [-0.4, -0.2) is 35.3 Å². The first-order valence-corrected chi connectivity index (χ1v) is 4.65. The van der Waals surface area contributed by atoms with E-state index < -0.39 is 12.0 Å². The number of hydrogen-bond donors (Lipinski definition) is 2. The van der Waals surface area contributed by atoms with Crippen molar-refractivity contribution < 1.29 is 18.8 Å². The molecule has 1 heterocycles. The minimum atomic E-state index is -0.502. The zero-order chi connectivity index (χ0) is 11.8. The maximum absolute atomic E-state index is 11.1. The smallest absolute Gasteiger partial charge is 0.325 e. The second-order valence-electron chi connectivity index (χ2n) is 2.69. The van der Waals surface area contributed by atoms with Crippen LogP contribution >= 0.6 is 0 Å². The van der Waals surface area contributed by atoms with Crippen molar-refractivity contribution in [2.24, 2.45) is 0 Å². The van der Waals surface area contributed by atoms with Gasteiger partial charge in [0.25, 0.3) is 0 Å². The lowest BCUT2D eigenvalue weighted by Gasteiger charge is -2.05. The second kappa shape index (κ2) is 6.38. The van der Waals surface area contributed by atoms with Gasteiger partial charge in [-0.25, -0.2) is 4.79 Å². The molecule has 0 saturated carbocycles. The fraction of sp³-hybridized carbons (Fsp3) is 0.500. The van der Waals surface area contributed by atoms with E-state index in [1.807, 2.05) is 0 Å². The third-order valence-electron chi connectivity index (χ3n) is 1.51. The minimum Gasteiger partial charge on any atom is -0.465 e. The summed E-state index contributed by atoms with van der Waals surface area (Å²) in [6, 6.07) is -0.502. The van der Waals surface area contributed by atoms with E-state index >= 15 is 0 Å². The molecule has 1 aromatic rings. The number of carbonyl (C=O) groups excluding carboxylic acids is 2. The summed E-state index contributed by atoms with van der Waals surface area (Å²) in [7, 11) is 0. The summed E-state index contributed by atoms with van der Waals surface area (Å²) < 4.78 is 9.09. The van der Waals surface area contributed by atoms with Crippen molar-refractivity contribution in [3.05, 3.63) is 12.2 Å². The van der Waals surface area contributed by atoms with Crippen LogP contribution in [-0.2, 0) is 16.1 Å². The van der Waals surface area contributed by atoms with Crippen molar-refractivity contribution in [1.82, 2.24) is 20.8 Å². The third kappa shape index (κ3) is 4.40. The van der Waals surface area contributed by atoms with Gasteiger partial charge >= 0.3 is 12.0 Å². The molecule has 0 aliphatic rings. The van der Waals surface area contributed by atoms with Crippen molar-refractivity contribution in [2.45, 2.75) is 13.5 Å². The van der Waals surface area contributed by atoms with E-state index in [1.54, 1.807) is 6.92 Å². The highest BCUT2D eigenvalue weighted by molar-refractivity contribution is 5.80. The van der Waals surface area contributed by atoms with Crippen molar-refractivity contribution in [1.29, 1.82) is 0 Å². The molecule has 2 N–H and O–H groups in total. The number of ether oxygens (including phenoxy) is 1. The van der Waals surface area contributed by atoms with Crippen molar-refractivity contribution in [3.63, 3.8) is 0 Å². The molecular formula is C8H12N4O4. The second-order valence-corrected chi connectivity index (χ2v) is 2.69. The van der Waals surface area contributed by atoms with Crippen LogP contribution in [0.2, 0.25) is 0 Å². The molecule has 1 rings (SSSR count). The van der Waals surface area contributed by atoms with E-state index in [9.17, 15) is 9.59 Å². The largest absolute Gasteiger partial charge is 0.465 e. The Balaban J connectivity index is 2.14. The fourth-order valence-corrected chi connectivity index (χ4v) is 0.857. The minimum absolute atomic E-state index is 0.130. The van der Waals surface area contributed by atoms with Crippen LogP contribution in [0.15, 0.2) is 10.9 Å². The summed E-state index contributed by atoms with van der Waals surface area (Å²) in [5.74, 6) is -0.136. The van der Waals surface area contributed by atoms with Crippen LogP contribution in [0.4, 0.5) is 4.79 Å². The average Bonchev–Trinajstić information content (AvgIpc) is 2.77. The zero-order valence-electron chi connectivity index (χ0n) is 8.73. The number of nitrogens with one attached hydrogen (secondary N) is 2. The molecule has 0 unspecified atom stereocenters. The highest BCUT2D eigenvalue weighted by Crippen LogP contribution is 1.86. The fourth-order valence-electron chi connectivity index (χ4n) is 0.857. The number of rotatable bonds is 5. The monoisotopic (exact) mass is 228 g/mol. The van der Waals surface area contributed by atoms with Crippen LogP contribution in [0.25, 0.3) is 0 Å². The molecule has 1 aromatic heterocycles. The first-order valence-electron chi connectivity index (χ1n) is 4.65. The van der Waals surface area contributed by atoms with Crippen LogP contribution in [0.1, 0.15) is 12.7 Å². The average molecular weight is 228 g/mol. The number of nitrogens with zero attached hydrogens (tertiary/aromatic N) is 2. The molecule has 0 aliphatic heterocycles. The van der Waals surface area contributed by atoms with Crippen molar-refractivity contribution in [3.8, 4) is 0 Å². The van der Waals surface area contributed by atoms with Gasteiger partial charge in [-0.1, -0.05) is 5.16 Å². The van der Waals surface area contributed by atoms with E-state index in [0.717, 1.165) is 6.39 Å². The number of esters is 1. The lowest BCUT2D eigenvalue weighted by molar-refractivity contribution is -0.141. The lowest BCUT2D eigenvalue weighted by atomic mass is 10.6. The standard InChI is InChI=1S/C8H12N4O4/c1-2-15-7(13)4-10-8(14)9-3-6-11-5-16-12-6/h5H,2-4H2,1H3,(H2,9,10,14). The summed E-state index contributed by atoms with van der Waals surface area (Å²) in [5, 5.41) is 8.25.